The van der Waals surface area contributed by atoms with E-state index in [9.17, 15) is 9.90 Å². The number of carbonyl (C=O) groups is 1. The van der Waals surface area contributed by atoms with Gasteiger partial charge in [0, 0.05) is 31.3 Å². The molecule has 4 unspecified atom stereocenters. The van der Waals surface area contributed by atoms with Crippen molar-refractivity contribution in [1.29, 1.82) is 0 Å². The van der Waals surface area contributed by atoms with E-state index < -0.39 is 5.92 Å². The van der Waals surface area contributed by atoms with Gasteiger partial charge in [-0.15, -0.1) is 11.6 Å². The Morgan fingerprint density at radius 2 is 1.88 bits per heavy atom. The first-order valence-electron chi connectivity index (χ1n) is 8.30. The smallest absolute Gasteiger partial charge is 0.316 e. The van der Waals surface area contributed by atoms with Crippen molar-refractivity contribution in [3.05, 3.63) is 35.9 Å². The molecule has 0 saturated carbocycles. The summed E-state index contributed by atoms with van der Waals surface area (Å²) in [6, 6.07) is 10.1. The zero-order chi connectivity index (χ0) is 17.3. The number of aliphatic hydroxyl groups excluding tert-OH is 1. The minimum Gasteiger partial charge on any atom is -0.462 e. The van der Waals surface area contributed by atoms with Gasteiger partial charge < -0.3 is 14.6 Å². The van der Waals surface area contributed by atoms with Crippen LogP contribution in [0.3, 0.4) is 0 Å². The zero-order valence-corrected chi connectivity index (χ0v) is 14.7. The summed E-state index contributed by atoms with van der Waals surface area (Å²) in [5, 5.41) is 9.56. The number of halogens is 1. The molecule has 24 heavy (non-hydrogen) atoms. The summed E-state index contributed by atoms with van der Waals surface area (Å²) in [5.74, 6) is -0.915. The Balaban J connectivity index is 0.000000815. The maximum absolute atomic E-state index is 12.4. The molecule has 0 amide bonds. The van der Waals surface area contributed by atoms with E-state index in [1.807, 2.05) is 30.3 Å². The summed E-state index contributed by atoms with van der Waals surface area (Å²) in [6.07, 6.45) is 3.73. The van der Waals surface area contributed by atoms with E-state index in [0.29, 0.717) is 24.3 Å². The predicted molar refractivity (Wildman–Crippen MR) is 91.2 cm³/mol. The fraction of sp³-hybridized carbons (Fsp3) is 0.611. The number of carbonyl (C=O) groups excluding carboxylic acids is 1. The number of epoxide rings is 1. The number of morpholine rings is 1. The summed E-state index contributed by atoms with van der Waals surface area (Å²) in [5.41, 5.74) is 0.803. The van der Waals surface area contributed by atoms with E-state index in [2.05, 4.69) is 23.5 Å². The third kappa shape index (κ3) is 3.18. The Labute approximate surface area is 147 Å². The number of ether oxygens (including phenoxy) is 2. The number of esters is 1. The largest absolute Gasteiger partial charge is 0.462 e. The fourth-order valence-corrected chi connectivity index (χ4v) is 4.04. The Morgan fingerprint density at radius 1 is 1.29 bits per heavy atom. The molecule has 3 aliphatic heterocycles. The Kier molecular flexibility index (Phi) is 5.45. The number of alkyl halides is 1. The molecular formula is C18H24ClNO4. The molecule has 0 spiro atoms. The van der Waals surface area contributed by atoms with Gasteiger partial charge >= 0.3 is 5.97 Å². The van der Waals surface area contributed by atoms with Gasteiger partial charge in [-0.05, 0) is 12.6 Å². The topological polar surface area (TPSA) is 62.3 Å². The van der Waals surface area contributed by atoms with Crippen LogP contribution >= 0.6 is 11.6 Å². The van der Waals surface area contributed by atoms with Crippen LogP contribution in [-0.2, 0) is 14.3 Å². The normalized spacial score (nSPS) is 34.6. The summed E-state index contributed by atoms with van der Waals surface area (Å²) in [4.78, 5) is 14.8. The van der Waals surface area contributed by atoms with Gasteiger partial charge in [0.25, 0.3) is 0 Å². The van der Waals surface area contributed by atoms with Crippen LogP contribution < -0.4 is 0 Å². The average Bonchev–Trinajstić information content (AvgIpc) is 3.36. The van der Waals surface area contributed by atoms with Gasteiger partial charge in [0.1, 0.15) is 24.2 Å². The summed E-state index contributed by atoms with van der Waals surface area (Å²) in [7, 11) is 2.13. The molecule has 132 valence electrons. The van der Waals surface area contributed by atoms with Crippen molar-refractivity contribution in [2.24, 2.45) is 0 Å². The van der Waals surface area contributed by atoms with E-state index >= 15 is 0 Å². The summed E-state index contributed by atoms with van der Waals surface area (Å²) >= 11 is 4.64. The molecular weight excluding hydrogens is 330 g/mol. The first kappa shape index (κ1) is 17.7. The molecule has 3 heterocycles. The number of hydrogen-bond donors (Lipinski definition) is 1. The van der Waals surface area contributed by atoms with Crippen LogP contribution in [0.5, 0.6) is 0 Å². The van der Waals surface area contributed by atoms with Crippen LogP contribution in [0.4, 0.5) is 0 Å². The highest BCUT2D eigenvalue weighted by molar-refractivity contribution is 6.15. The van der Waals surface area contributed by atoms with E-state index in [-0.39, 0.29) is 18.7 Å². The highest BCUT2D eigenvalue weighted by Gasteiger charge is 2.62. The molecule has 0 aliphatic carbocycles. The molecule has 0 radical (unpaired) electrons. The van der Waals surface area contributed by atoms with Crippen LogP contribution in [0.25, 0.3) is 0 Å². The molecule has 1 aromatic carbocycles. The number of rotatable bonds is 4. The molecule has 0 aromatic heterocycles. The van der Waals surface area contributed by atoms with Gasteiger partial charge in [-0.3, -0.25) is 9.69 Å². The van der Waals surface area contributed by atoms with Crippen molar-refractivity contribution >= 4 is 17.6 Å². The zero-order valence-electron chi connectivity index (χ0n) is 14.0. The molecule has 3 saturated heterocycles. The number of aliphatic hydroxyl groups is 1. The number of benzene rings is 1. The highest BCUT2D eigenvalue weighted by atomic mass is 35.5. The Morgan fingerprint density at radius 3 is 2.42 bits per heavy atom. The monoisotopic (exact) mass is 353 g/mol. The second-order valence-corrected chi connectivity index (χ2v) is 6.54. The lowest BCUT2D eigenvalue weighted by Gasteiger charge is -2.38. The second kappa shape index (κ2) is 7.40. The third-order valence-corrected chi connectivity index (χ3v) is 5.33. The molecule has 1 aromatic rings. The van der Waals surface area contributed by atoms with Gasteiger partial charge in [-0.25, -0.2) is 0 Å². The van der Waals surface area contributed by atoms with Gasteiger partial charge in [-0.1, -0.05) is 30.3 Å². The van der Waals surface area contributed by atoms with E-state index in [0.717, 1.165) is 18.4 Å². The molecule has 6 heteroatoms. The van der Waals surface area contributed by atoms with Crippen molar-refractivity contribution in [3.8, 4) is 0 Å². The fourth-order valence-electron chi connectivity index (χ4n) is 4.04. The molecule has 5 atom stereocenters. The lowest BCUT2D eigenvalue weighted by Crippen LogP contribution is -2.48. The maximum atomic E-state index is 12.4. The molecule has 4 rings (SSSR count). The van der Waals surface area contributed by atoms with Gasteiger partial charge in [0.2, 0.25) is 0 Å². The van der Waals surface area contributed by atoms with Gasteiger partial charge in [0.05, 0.1) is 6.61 Å². The van der Waals surface area contributed by atoms with Crippen LogP contribution in [0.1, 0.15) is 24.3 Å². The molecule has 1 N–H and O–H groups in total. The predicted octanol–water partition coefficient (Wildman–Crippen LogP) is 1.77. The van der Waals surface area contributed by atoms with Crippen molar-refractivity contribution in [1.82, 2.24) is 4.90 Å². The highest BCUT2D eigenvalue weighted by Crippen LogP contribution is 2.48. The van der Waals surface area contributed by atoms with E-state index in [4.69, 9.17) is 9.47 Å². The first-order chi connectivity index (χ1) is 11.7. The van der Waals surface area contributed by atoms with Crippen LogP contribution in [0.2, 0.25) is 0 Å². The van der Waals surface area contributed by atoms with E-state index in [1.54, 1.807) is 0 Å². The minimum atomic E-state index is -0.593. The minimum absolute atomic E-state index is 0.0622. The number of hydrogen-bond acceptors (Lipinski definition) is 5. The van der Waals surface area contributed by atoms with E-state index in [1.165, 1.54) is 6.38 Å². The van der Waals surface area contributed by atoms with Crippen LogP contribution in [0.15, 0.2) is 30.3 Å². The second-order valence-electron chi connectivity index (χ2n) is 6.54. The summed E-state index contributed by atoms with van der Waals surface area (Å²) < 4.78 is 11.4. The van der Waals surface area contributed by atoms with Crippen LogP contribution in [-0.4, -0.2) is 66.4 Å². The lowest BCUT2D eigenvalue weighted by atomic mass is 9.97. The van der Waals surface area contributed by atoms with Crippen molar-refractivity contribution < 1.29 is 19.4 Å². The molecule has 3 aliphatic rings. The number of fused-ring (bicyclic) bond motifs is 5. The van der Waals surface area contributed by atoms with Crippen molar-refractivity contribution in [2.45, 2.75) is 49.2 Å². The first-order valence-corrected chi connectivity index (χ1v) is 9.06. The number of nitrogens with zero attached hydrogens (tertiary/aromatic N) is 1. The van der Waals surface area contributed by atoms with Crippen LogP contribution in [0, 0.1) is 0 Å². The van der Waals surface area contributed by atoms with Crippen molar-refractivity contribution in [3.63, 3.8) is 0 Å². The molecule has 5 nitrogen and oxygen atoms in total. The standard InChI is InChI=1S/C17H21NO4.CH3Cl/c1-18-13-7-11(8-14(18)16-15(13)22-16)21-17(20)12(9-19)10-5-3-2-4-6-10;1-2/h2-6,11-16,19H,7-9H2,1H3;1H3/t11?,12-,13?,14?,15?,16?;/m1./s1. The molecule has 2 bridgehead atoms. The van der Waals surface area contributed by atoms with Crippen molar-refractivity contribution in [2.75, 3.05) is 20.0 Å². The number of piperidine rings is 1. The maximum Gasteiger partial charge on any atom is 0.316 e. The van der Waals surface area contributed by atoms with Gasteiger partial charge in [0.15, 0.2) is 0 Å². The lowest BCUT2D eigenvalue weighted by molar-refractivity contribution is -0.156. The average molecular weight is 354 g/mol. The Hall–Kier alpha value is -1.14. The van der Waals surface area contributed by atoms with Gasteiger partial charge in [-0.2, -0.15) is 0 Å². The SMILES string of the molecule is CCl.CN1C2CC(OC(=O)[C@H](CO)c3ccccc3)CC1C1OC12. The third-order valence-electron chi connectivity index (χ3n) is 5.33. The quantitative estimate of drug-likeness (QED) is 0.508. The summed E-state index contributed by atoms with van der Waals surface area (Å²) in [6.45, 7) is -0.226. The Bertz CT molecular complexity index is 551. The number of likely N-dealkylation sites (N-methyl/N-ethyl adjacent to an activating group) is 1. The molecule has 3 fully saturated rings.